The molecule has 0 aliphatic heterocycles. The first-order chi connectivity index (χ1) is 8.15. The van der Waals surface area contributed by atoms with E-state index in [1.807, 2.05) is 32.0 Å². The third-order valence-corrected chi connectivity index (χ3v) is 2.54. The predicted molar refractivity (Wildman–Crippen MR) is 69.3 cm³/mol. The fourth-order valence-electron chi connectivity index (χ4n) is 1.62. The van der Waals surface area contributed by atoms with Crippen LogP contribution >= 0.6 is 0 Å². The van der Waals surface area contributed by atoms with Gasteiger partial charge in [-0.25, -0.2) is 0 Å². The minimum absolute atomic E-state index is 0.0234. The topological polar surface area (TPSA) is 50.4 Å². The molecule has 1 aromatic rings. The van der Waals surface area contributed by atoms with E-state index in [2.05, 4.69) is 10.6 Å². The molecule has 0 heterocycles. The minimum Gasteiger partial charge on any atom is -0.383 e. The van der Waals surface area contributed by atoms with Gasteiger partial charge in [-0.3, -0.25) is 4.79 Å². The smallest absolute Gasteiger partial charge is 0.239 e. The van der Waals surface area contributed by atoms with E-state index in [-0.39, 0.29) is 12.5 Å². The number of para-hydroxylation sites is 1. The summed E-state index contributed by atoms with van der Waals surface area (Å²) >= 11 is 0. The molecular formula is C13H20N2O2. The molecule has 0 fully saturated rings. The molecule has 94 valence electrons. The monoisotopic (exact) mass is 236 g/mol. The van der Waals surface area contributed by atoms with E-state index in [9.17, 15) is 4.79 Å². The van der Waals surface area contributed by atoms with Crippen LogP contribution in [0.15, 0.2) is 18.2 Å². The Bertz CT molecular complexity index is 357. The maximum absolute atomic E-state index is 11.5. The number of anilines is 1. The number of amides is 1. The van der Waals surface area contributed by atoms with Gasteiger partial charge in [0.05, 0.1) is 13.2 Å². The summed E-state index contributed by atoms with van der Waals surface area (Å²) in [7, 11) is 1.61. The van der Waals surface area contributed by atoms with Crippen LogP contribution in [0.3, 0.4) is 0 Å². The number of methoxy groups -OCH3 is 1. The van der Waals surface area contributed by atoms with Crippen molar-refractivity contribution in [3.05, 3.63) is 29.3 Å². The van der Waals surface area contributed by atoms with Crippen molar-refractivity contribution < 1.29 is 9.53 Å². The van der Waals surface area contributed by atoms with Crippen LogP contribution in [0.25, 0.3) is 0 Å². The number of hydrogen-bond donors (Lipinski definition) is 2. The molecule has 4 heteroatoms. The predicted octanol–water partition coefficient (Wildman–Crippen LogP) is 1.48. The van der Waals surface area contributed by atoms with Crippen molar-refractivity contribution in [1.82, 2.24) is 5.32 Å². The van der Waals surface area contributed by atoms with E-state index in [1.165, 1.54) is 0 Å². The summed E-state index contributed by atoms with van der Waals surface area (Å²) in [5.74, 6) is -0.0234. The third-order valence-electron chi connectivity index (χ3n) is 2.54. The zero-order valence-corrected chi connectivity index (χ0v) is 10.7. The molecule has 0 aliphatic rings. The highest BCUT2D eigenvalue weighted by atomic mass is 16.5. The first-order valence-electron chi connectivity index (χ1n) is 5.71. The minimum atomic E-state index is -0.0234. The van der Waals surface area contributed by atoms with E-state index < -0.39 is 0 Å². The number of nitrogens with one attached hydrogen (secondary N) is 2. The summed E-state index contributed by atoms with van der Waals surface area (Å²) in [6.45, 7) is 5.42. The van der Waals surface area contributed by atoms with E-state index in [0.717, 1.165) is 16.8 Å². The summed E-state index contributed by atoms with van der Waals surface area (Å²) in [4.78, 5) is 11.5. The summed E-state index contributed by atoms with van der Waals surface area (Å²) < 4.78 is 4.86. The van der Waals surface area contributed by atoms with E-state index in [1.54, 1.807) is 7.11 Å². The number of carbonyl (C=O) groups excluding carboxylic acids is 1. The molecule has 17 heavy (non-hydrogen) atoms. The second kappa shape index (κ2) is 6.91. The highest BCUT2D eigenvalue weighted by Gasteiger charge is 2.04. The Morgan fingerprint density at radius 2 is 1.94 bits per heavy atom. The van der Waals surface area contributed by atoms with Crippen LogP contribution < -0.4 is 10.6 Å². The average molecular weight is 236 g/mol. The summed E-state index contributed by atoms with van der Waals surface area (Å²) in [6, 6.07) is 6.06. The molecule has 0 atom stereocenters. The molecule has 0 saturated carbocycles. The van der Waals surface area contributed by atoms with Crippen molar-refractivity contribution in [2.75, 3.05) is 32.1 Å². The summed E-state index contributed by atoms with van der Waals surface area (Å²) in [6.07, 6.45) is 0. The lowest BCUT2D eigenvalue weighted by Gasteiger charge is -2.12. The van der Waals surface area contributed by atoms with Gasteiger partial charge in [0.2, 0.25) is 5.91 Å². The van der Waals surface area contributed by atoms with E-state index in [4.69, 9.17) is 4.74 Å². The first-order valence-corrected chi connectivity index (χ1v) is 5.71. The van der Waals surface area contributed by atoms with Crippen LogP contribution in [0.2, 0.25) is 0 Å². The van der Waals surface area contributed by atoms with Gasteiger partial charge in [-0.15, -0.1) is 0 Å². The fourth-order valence-corrected chi connectivity index (χ4v) is 1.62. The van der Waals surface area contributed by atoms with Crippen LogP contribution in [0.5, 0.6) is 0 Å². The largest absolute Gasteiger partial charge is 0.383 e. The number of ether oxygens (including phenoxy) is 1. The lowest BCUT2D eigenvalue weighted by Crippen LogP contribution is -2.32. The van der Waals surface area contributed by atoms with Crippen molar-refractivity contribution >= 4 is 11.6 Å². The molecule has 1 amide bonds. The van der Waals surface area contributed by atoms with Gasteiger partial charge in [0.25, 0.3) is 0 Å². The second-order valence-corrected chi connectivity index (χ2v) is 3.96. The quantitative estimate of drug-likeness (QED) is 0.736. The Labute approximate surface area is 102 Å². The average Bonchev–Trinajstić information content (AvgIpc) is 2.29. The highest BCUT2D eigenvalue weighted by Crippen LogP contribution is 2.18. The molecule has 1 aromatic carbocycles. The molecule has 0 unspecified atom stereocenters. The van der Waals surface area contributed by atoms with E-state index in [0.29, 0.717) is 13.2 Å². The number of aryl methyl sites for hydroxylation is 2. The third kappa shape index (κ3) is 4.44. The van der Waals surface area contributed by atoms with Gasteiger partial charge in [-0.05, 0) is 25.0 Å². The maximum atomic E-state index is 11.5. The van der Waals surface area contributed by atoms with Crippen molar-refractivity contribution in [3.8, 4) is 0 Å². The molecule has 4 nitrogen and oxygen atoms in total. The molecule has 0 saturated heterocycles. The van der Waals surface area contributed by atoms with Crippen LogP contribution in [-0.4, -0.2) is 32.7 Å². The Hall–Kier alpha value is -1.55. The number of hydrogen-bond acceptors (Lipinski definition) is 3. The van der Waals surface area contributed by atoms with E-state index >= 15 is 0 Å². The van der Waals surface area contributed by atoms with Crippen molar-refractivity contribution in [3.63, 3.8) is 0 Å². The zero-order valence-electron chi connectivity index (χ0n) is 10.7. The SMILES string of the molecule is COCCNC(=O)CNc1c(C)cccc1C. The van der Waals surface area contributed by atoms with Crippen LogP contribution in [0.1, 0.15) is 11.1 Å². The summed E-state index contributed by atoms with van der Waals surface area (Å²) in [5.41, 5.74) is 3.33. The van der Waals surface area contributed by atoms with Gasteiger partial charge in [-0.1, -0.05) is 18.2 Å². The molecule has 0 spiro atoms. The molecule has 0 aliphatic carbocycles. The molecule has 0 aromatic heterocycles. The number of carbonyl (C=O) groups is 1. The normalized spacial score (nSPS) is 10.1. The van der Waals surface area contributed by atoms with Gasteiger partial charge in [-0.2, -0.15) is 0 Å². The maximum Gasteiger partial charge on any atom is 0.239 e. The Morgan fingerprint density at radius 3 is 2.53 bits per heavy atom. The van der Waals surface area contributed by atoms with Crippen molar-refractivity contribution in [1.29, 1.82) is 0 Å². The molecular weight excluding hydrogens is 216 g/mol. The van der Waals surface area contributed by atoms with Crippen molar-refractivity contribution in [2.45, 2.75) is 13.8 Å². The van der Waals surface area contributed by atoms with Crippen LogP contribution in [0, 0.1) is 13.8 Å². The van der Waals surface area contributed by atoms with Crippen LogP contribution in [0.4, 0.5) is 5.69 Å². The molecule has 0 radical (unpaired) electrons. The second-order valence-electron chi connectivity index (χ2n) is 3.96. The number of rotatable bonds is 6. The van der Waals surface area contributed by atoms with Gasteiger partial charge < -0.3 is 15.4 Å². The van der Waals surface area contributed by atoms with Crippen LogP contribution in [-0.2, 0) is 9.53 Å². The van der Waals surface area contributed by atoms with Gasteiger partial charge in [0.1, 0.15) is 0 Å². The lowest BCUT2D eigenvalue weighted by molar-refractivity contribution is -0.119. The molecule has 2 N–H and O–H groups in total. The Balaban J connectivity index is 2.42. The van der Waals surface area contributed by atoms with Gasteiger partial charge >= 0.3 is 0 Å². The standard InChI is InChI=1S/C13H20N2O2/c1-10-5-4-6-11(2)13(10)15-9-12(16)14-7-8-17-3/h4-6,15H,7-9H2,1-3H3,(H,14,16). The first kappa shape index (κ1) is 13.5. The van der Waals surface area contributed by atoms with Gasteiger partial charge in [0, 0.05) is 19.3 Å². The molecule has 1 rings (SSSR count). The summed E-state index contributed by atoms with van der Waals surface area (Å²) in [5, 5.41) is 5.92. The number of benzene rings is 1. The fraction of sp³-hybridized carbons (Fsp3) is 0.462. The Morgan fingerprint density at radius 1 is 1.29 bits per heavy atom. The van der Waals surface area contributed by atoms with Gasteiger partial charge in [0.15, 0.2) is 0 Å². The lowest BCUT2D eigenvalue weighted by atomic mass is 10.1. The van der Waals surface area contributed by atoms with Crippen molar-refractivity contribution in [2.24, 2.45) is 0 Å². The highest BCUT2D eigenvalue weighted by molar-refractivity contribution is 5.81. The zero-order chi connectivity index (χ0) is 12.7. The Kier molecular flexibility index (Phi) is 5.49. The molecule has 0 bridgehead atoms.